The summed E-state index contributed by atoms with van der Waals surface area (Å²) in [6, 6.07) is 6.94. The van der Waals surface area contributed by atoms with Crippen molar-refractivity contribution in [3.8, 4) is 11.5 Å². The molecule has 0 bridgehead atoms. The average molecular weight is 707 g/mol. The third-order valence-corrected chi connectivity index (χ3v) is 9.62. The number of rotatable bonds is 10. The zero-order chi connectivity index (χ0) is 34.0. The summed E-state index contributed by atoms with van der Waals surface area (Å²) in [7, 11) is -2.95. The van der Waals surface area contributed by atoms with Crippen LogP contribution < -0.4 is 19.7 Å². The molecule has 252 valence electrons. The van der Waals surface area contributed by atoms with E-state index in [1.165, 1.54) is 30.6 Å². The van der Waals surface area contributed by atoms with E-state index in [2.05, 4.69) is 29.7 Å². The van der Waals surface area contributed by atoms with Gasteiger partial charge in [-0.3, -0.25) is 4.79 Å². The summed E-state index contributed by atoms with van der Waals surface area (Å²) >= 11 is 1.22. The van der Waals surface area contributed by atoms with Crippen molar-refractivity contribution in [2.45, 2.75) is 36.8 Å². The number of piperazine rings is 1. The summed E-state index contributed by atoms with van der Waals surface area (Å²) in [5, 5.41) is 3.05. The van der Waals surface area contributed by atoms with Crippen LogP contribution in [0, 0.1) is 0 Å². The number of fused-ring (bicyclic) bond motifs is 1. The van der Waals surface area contributed by atoms with E-state index in [1.807, 2.05) is 0 Å². The lowest BCUT2D eigenvalue weighted by atomic mass is 10.1. The zero-order valence-electron chi connectivity index (χ0n) is 24.1. The SMILES string of the molecule is COCc1ncc2sc(N3CCN(S(=O)(=O)c4ccc(OC(F)(F)F)cc4)[C@@H](C(=O)NCc4ccc(OC(F)(F)F)cc4)C3)nc2n1. The first kappa shape index (κ1) is 34.1. The van der Waals surface area contributed by atoms with Crippen LogP contribution >= 0.6 is 11.3 Å². The molecule has 1 fully saturated rings. The first-order chi connectivity index (χ1) is 22.1. The number of methoxy groups -OCH3 is 1. The predicted octanol–water partition coefficient (Wildman–Crippen LogP) is 4.23. The van der Waals surface area contributed by atoms with E-state index in [-0.39, 0.29) is 37.7 Å². The summed E-state index contributed by atoms with van der Waals surface area (Å²) in [4.78, 5) is 28.0. The van der Waals surface area contributed by atoms with Gasteiger partial charge in [-0.25, -0.2) is 18.4 Å². The number of benzene rings is 2. The smallest absolute Gasteiger partial charge is 0.406 e. The fraction of sp³-hybridized carbons (Fsp3) is 0.333. The highest BCUT2D eigenvalue weighted by Gasteiger charge is 2.41. The van der Waals surface area contributed by atoms with E-state index in [0.717, 1.165) is 40.7 Å². The van der Waals surface area contributed by atoms with Gasteiger partial charge in [0.25, 0.3) is 0 Å². The number of anilines is 1. The molecule has 4 aromatic rings. The molecule has 0 saturated carbocycles. The summed E-state index contributed by atoms with van der Waals surface area (Å²) in [5.74, 6) is -1.44. The third-order valence-electron chi connectivity index (χ3n) is 6.65. The molecule has 5 rings (SSSR count). The highest BCUT2D eigenvalue weighted by molar-refractivity contribution is 7.89. The molecule has 3 heterocycles. The maximum absolute atomic E-state index is 13.7. The van der Waals surface area contributed by atoms with Gasteiger partial charge in [0, 0.05) is 33.3 Å². The number of aromatic nitrogens is 3. The van der Waals surface area contributed by atoms with Crippen LogP contribution in [0.2, 0.25) is 0 Å². The number of nitrogens with one attached hydrogen (secondary N) is 1. The van der Waals surface area contributed by atoms with Crippen molar-refractivity contribution in [2.75, 3.05) is 31.6 Å². The Morgan fingerprint density at radius 2 is 1.57 bits per heavy atom. The van der Waals surface area contributed by atoms with Gasteiger partial charge >= 0.3 is 12.7 Å². The molecule has 1 amide bonds. The van der Waals surface area contributed by atoms with E-state index in [4.69, 9.17) is 4.74 Å². The monoisotopic (exact) mass is 706 g/mol. The van der Waals surface area contributed by atoms with Gasteiger partial charge in [0.05, 0.1) is 15.8 Å². The number of alkyl halides is 6. The first-order valence-corrected chi connectivity index (χ1v) is 15.7. The zero-order valence-corrected chi connectivity index (χ0v) is 25.7. The van der Waals surface area contributed by atoms with Gasteiger partial charge < -0.3 is 24.4 Å². The van der Waals surface area contributed by atoms with Crippen LogP contribution in [0.5, 0.6) is 11.5 Å². The van der Waals surface area contributed by atoms with Crippen molar-refractivity contribution >= 4 is 42.7 Å². The summed E-state index contributed by atoms with van der Waals surface area (Å²) < 4.78 is 117. The van der Waals surface area contributed by atoms with E-state index < -0.39 is 46.2 Å². The second-order valence-corrected chi connectivity index (χ2v) is 12.8. The minimum absolute atomic E-state index is 0.0944. The maximum atomic E-state index is 13.7. The Labute approximate surface area is 266 Å². The van der Waals surface area contributed by atoms with Crippen molar-refractivity contribution < 1.29 is 53.8 Å². The standard InChI is InChI=1S/C27H24F6N6O6S2/c1-43-15-22-34-13-21-23(36-22)37-25(46-21)38-10-11-39(47(41,42)19-8-6-18(7-9-19)45-27(31,32)33)20(14-38)24(40)35-12-16-2-4-17(5-3-16)44-26(28,29)30/h2-9,13,20H,10-12,14-15H2,1H3,(H,35,40)/t20-/m1/s1. The Morgan fingerprint density at radius 1 is 0.957 bits per heavy atom. The van der Waals surface area contributed by atoms with Gasteiger partial charge in [-0.15, -0.1) is 26.3 Å². The molecule has 1 saturated heterocycles. The molecular formula is C27H24F6N6O6S2. The summed E-state index contributed by atoms with van der Waals surface area (Å²) in [6.07, 6.45) is -8.30. The van der Waals surface area contributed by atoms with Crippen molar-refractivity contribution in [1.82, 2.24) is 24.6 Å². The van der Waals surface area contributed by atoms with Gasteiger partial charge in [0.1, 0.15) is 24.1 Å². The molecular weight excluding hydrogens is 682 g/mol. The Bertz CT molecular complexity index is 1820. The highest BCUT2D eigenvalue weighted by atomic mass is 32.2. The lowest BCUT2D eigenvalue weighted by molar-refractivity contribution is -0.275. The molecule has 0 radical (unpaired) electrons. The van der Waals surface area contributed by atoms with E-state index in [9.17, 15) is 39.6 Å². The van der Waals surface area contributed by atoms with Crippen molar-refractivity contribution in [3.05, 3.63) is 66.1 Å². The molecule has 2 aromatic carbocycles. The number of amides is 1. The number of nitrogens with zero attached hydrogens (tertiary/aromatic N) is 5. The summed E-state index contributed by atoms with van der Waals surface area (Å²) in [5.41, 5.74) is 0.772. The Hall–Kier alpha value is -4.27. The minimum atomic E-state index is -4.98. The first-order valence-electron chi connectivity index (χ1n) is 13.5. The third kappa shape index (κ3) is 8.56. The quantitative estimate of drug-likeness (QED) is 0.239. The summed E-state index contributed by atoms with van der Waals surface area (Å²) in [6.45, 7) is -0.295. The molecule has 0 spiro atoms. The molecule has 1 atom stereocenters. The van der Waals surface area contributed by atoms with Crippen LogP contribution in [-0.2, 0) is 32.7 Å². The van der Waals surface area contributed by atoms with E-state index in [0.29, 0.717) is 26.9 Å². The molecule has 0 aliphatic carbocycles. The average Bonchev–Trinajstić information content (AvgIpc) is 3.43. The Balaban J connectivity index is 1.39. The topological polar surface area (TPSA) is 136 Å². The Kier molecular flexibility index (Phi) is 9.75. The van der Waals surface area contributed by atoms with Crippen LogP contribution in [0.1, 0.15) is 11.4 Å². The van der Waals surface area contributed by atoms with Gasteiger partial charge in [0.2, 0.25) is 15.9 Å². The number of carbonyl (C=O) groups excluding carboxylic acids is 1. The van der Waals surface area contributed by atoms with Crippen LogP contribution in [0.15, 0.2) is 59.6 Å². The molecule has 1 aliphatic heterocycles. The van der Waals surface area contributed by atoms with Crippen molar-refractivity contribution in [2.24, 2.45) is 0 Å². The number of thiazole rings is 1. The second-order valence-electron chi connectivity index (χ2n) is 9.91. The number of hydrogen-bond acceptors (Lipinski definition) is 11. The predicted molar refractivity (Wildman–Crippen MR) is 154 cm³/mol. The lowest BCUT2D eigenvalue weighted by Crippen LogP contribution is -2.60. The van der Waals surface area contributed by atoms with Gasteiger partial charge in [-0.05, 0) is 42.0 Å². The number of hydrogen-bond donors (Lipinski definition) is 1. The van der Waals surface area contributed by atoms with E-state index >= 15 is 0 Å². The molecule has 1 aliphatic rings. The van der Waals surface area contributed by atoms with E-state index in [1.54, 1.807) is 11.1 Å². The number of sulfonamides is 1. The Morgan fingerprint density at radius 3 is 2.17 bits per heavy atom. The van der Waals surface area contributed by atoms with Crippen LogP contribution in [0.25, 0.3) is 10.3 Å². The molecule has 2 aromatic heterocycles. The minimum Gasteiger partial charge on any atom is -0.406 e. The normalized spacial score (nSPS) is 16.3. The van der Waals surface area contributed by atoms with Crippen molar-refractivity contribution in [3.63, 3.8) is 0 Å². The molecule has 12 nitrogen and oxygen atoms in total. The van der Waals surface area contributed by atoms with Crippen LogP contribution in [0.4, 0.5) is 31.5 Å². The highest BCUT2D eigenvalue weighted by Crippen LogP contribution is 2.32. The molecule has 1 N–H and O–H groups in total. The van der Waals surface area contributed by atoms with Crippen molar-refractivity contribution in [1.29, 1.82) is 0 Å². The number of halogens is 6. The maximum Gasteiger partial charge on any atom is 0.573 e. The molecule has 47 heavy (non-hydrogen) atoms. The van der Waals surface area contributed by atoms with Gasteiger partial charge in [-0.2, -0.15) is 9.29 Å². The largest absolute Gasteiger partial charge is 0.573 e. The van der Waals surface area contributed by atoms with Crippen LogP contribution in [-0.4, -0.2) is 79.1 Å². The molecule has 0 unspecified atom stereocenters. The van der Waals surface area contributed by atoms with Crippen LogP contribution in [0.3, 0.4) is 0 Å². The van der Waals surface area contributed by atoms with Gasteiger partial charge in [-0.1, -0.05) is 23.5 Å². The molecule has 20 heteroatoms. The van der Waals surface area contributed by atoms with Gasteiger partial charge in [0.15, 0.2) is 16.6 Å². The number of ether oxygens (including phenoxy) is 3. The number of carbonyl (C=O) groups is 1. The lowest BCUT2D eigenvalue weighted by Gasteiger charge is -2.39. The fourth-order valence-corrected chi connectivity index (χ4v) is 7.08. The fourth-order valence-electron chi connectivity index (χ4n) is 4.60. The second kappa shape index (κ2) is 13.5.